The van der Waals surface area contributed by atoms with Crippen molar-refractivity contribution >= 4 is 28.1 Å². The molecule has 0 bridgehead atoms. The highest BCUT2D eigenvalue weighted by molar-refractivity contribution is 5.93. The zero-order valence-electron chi connectivity index (χ0n) is 11.9. The average Bonchev–Trinajstić information content (AvgIpc) is 2.50. The minimum atomic E-state index is -0.687. The van der Waals surface area contributed by atoms with Crippen LogP contribution in [0.5, 0.6) is 5.75 Å². The predicted octanol–water partition coefficient (Wildman–Crippen LogP) is 3.43. The molecule has 2 aromatic carbocycles. The molecule has 0 amide bonds. The first-order chi connectivity index (χ1) is 11.0. The lowest BCUT2D eigenvalue weighted by atomic mass is 10.1. The number of fused-ring (bicyclic) bond motifs is 1. The highest BCUT2D eigenvalue weighted by atomic mass is 19.1. The maximum atomic E-state index is 13.3. The Balaban J connectivity index is 2.11. The third-order valence-electron chi connectivity index (χ3n) is 3.35. The van der Waals surface area contributed by atoms with Gasteiger partial charge in [0.2, 0.25) is 0 Å². The molecule has 116 valence electrons. The molecule has 1 aromatic heterocycles. The summed E-state index contributed by atoms with van der Waals surface area (Å²) in [7, 11) is 0. The SMILES string of the molecule is Cc1cc(Nc2ncnc3cc(O)c([N+](=O)[O-])cc23)ccc1F. The monoisotopic (exact) mass is 314 g/mol. The van der Waals surface area contributed by atoms with Gasteiger partial charge in [0.05, 0.1) is 15.8 Å². The van der Waals surface area contributed by atoms with E-state index in [9.17, 15) is 19.6 Å². The molecule has 7 nitrogen and oxygen atoms in total. The third-order valence-corrected chi connectivity index (χ3v) is 3.35. The van der Waals surface area contributed by atoms with Crippen molar-refractivity contribution in [2.24, 2.45) is 0 Å². The van der Waals surface area contributed by atoms with Crippen LogP contribution in [-0.4, -0.2) is 20.0 Å². The van der Waals surface area contributed by atoms with E-state index >= 15 is 0 Å². The number of phenols is 1. The molecule has 2 N–H and O–H groups in total. The molecule has 8 heteroatoms. The Morgan fingerprint density at radius 3 is 2.74 bits per heavy atom. The molecule has 0 atom stereocenters. The van der Waals surface area contributed by atoms with E-state index in [1.807, 2.05) is 0 Å². The van der Waals surface area contributed by atoms with Gasteiger partial charge in [-0.25, -0.2) is 14.4 Å². The van der Waals surface area contributed by atoms with Gasteiger partial charge in [0.25, 0.3) is 0 Å². The van der Waals surface area contributed by atoms with Gasteiger partial charge in [-0.15, -0.1) is 0 Å². The number of anilines is 2. The first-order valence-corrected chi connectivity index (χ1v) is 6.61. The molecular formula is C15H11FN4O3. The number of aromatic hydroxyl groups is 1. The van der Waals surface area contributed by atoms with Crippen LogP contribution in [0.15, 0.2) is 36.7 Å². The number of nitro groups is 1. The van der Waals surface area contributed by atoms with Gasteiger partial charge in [-0.1, -0.05) is 0 Å². The molecule has 0 spiro atoms. The fourth-order valence-electron chi connectivity index (χ4n) is 2.19. The fourth-order valence-corrected chi connectivity index (χ4v) is 2.19. The Hall–Kier alpha value is -3.29. The zero-order chi connectivity index (χ0) is 16.6. The molecule has 0 aliphatic carbocycles. The minimum absolute atomic E-state index is 0.323. The number of benzene rings is 2. The molecule has 1 heterocycles. The molecule has 0 fully saturated rings. The second-order valence-corrected chi connectivity index (χ2v) is 4.93. The van der Waals surface area contributed by atoms with Crippen molar-refractivity contribution in [1.82, 2.24) is 9.97 Å². The van der Waals surface area contributed by atoms with Gasteiger partial charge in [-0.3, -0.25) is 10.1 Å². The van der Waals surface area contributed by atoms with Crippen LogP contribution < -0.4 is 5.32 Å². The quantitative estimate of drug-likeness (QED) is 0.567. The summed E-state index contributed by atoms with van der Waals surface area (Å²) in [4.78, 5) is 18.3. The number of phenolic OH excluding ortho intramolecular Hbond substituents is 1. The topological polar surface area (TPSA) is 101 Å². The third kappa shape index (κ3) is 2.73. The second-order valence-electron chi connectivity index (χ2n) is 4.93. The van der Waals surface area contributed by atoms with E-state index in [1.54, 1.807) is 13.0 Å². The van der Waals surface area contributed by atoms with Crippen LogP contribution in [0.25, 0.3) is 10.9 Å². The number of hydrogen-bond acceptors (Lipinski definition) is 6. The lowest BCUT2D eigenvalue weighted by Gasteiger charge is -2.09. The van der Waals surface area contributed by atoms with E-state index in [-0.39, 0.29) is 5.82 Å². The number of hydrogen-bond donors (Lipinski definition) is 2. The lowest BCUT2D eigenvalue weighted by molar-refractivity contribution is -0.385. The van der Waals surface area contributed by atoms with E-state index < -0.39 is 16.4 Å². The molecule has 3 rings (SSSR count). The summed E-state index contributed by atoms with van der Waals surface area (Å²) >= 11 is 0. The molecule has 0 radical (unpaired) electrons. The maximum Gasteiger partial charge on any atom is 0.311 e. The normalized spacial score (nSPS) is 10.7. The summed E-state index contributed by atoms with van der Waals surface area (Å²) in [6.07, 6.45) is 1.27. The van der Waals surface area contributed by atoms with Gasteiger partial charge in [0, 0.05) is 17.8 Å². The zero-order valence-corrected chi connectivity index (χ0v) is 11.9. The first-order valence-electron chi connectivity index (χ1n) is 6.61. The summed E-state index contributed by atoms with van der Waals surface area (Å²) in [5.74, 6) is -0.474. The van der Waals surface area contributed by atoms with E-state index in [4.69, 9.17) is 0 Å². The number of nitrogens with one attached hydrogen (secondary N) is 1. The van der Waals surface area contributed by atoms with Crippen molar-refractivity contribution in [3.05, 3.63) is 58.2 Å². The number of nitrogens with zero attached hydrogens (tertiary/aromatic N) is 3. The van der Waals surface area contributed by atoms with Crippen LogP contribution >= 0.6 is 0 Å². The van der Waals surface area contributed by atoms with Crippen molar-refractivity contribution in [2.75, 3.05) is 5.32 Å². The highest BCUT2D eigenvalue weighted by Gasteiger charge is 2.17. The Morgan fingerprint density at radius 2 is 2.04 bits per heavy atom. The molecule has 0 saturated heterocycles. The minimum Gasteiger partial charge on any atom is -0.502 e. The van der Waals surface area contributed by atoms with Gasteiger partial charge < -0.3 is 10.4 Å². The second kappa shape index (κ2) is 5.48. The Bertz CT molecular complexity index is 930. The maximum absolute atomic E-state index is 13.3. The molecular weight excluding hydrogens is 303 g/mol. The Labute approximate surface area is 129 Å². The number of halogens is 1. The largest absolute Gasteiger partial charge is 0.502 e. The van der Waals surface area contributed by atoms with Crippen LogP contribution in [0.4, 0.5) is 21.6 Å². The summed E-state index contributed by atoms with van der Waals surface area (Å²) < 4.78 is 13.3. The Morgan fingerprint density at radius 1 is 1.26 bits per heavy atom. The van der Waals surface area contributed by atoms with Crippen LogP contribution in [0, 0.1) is 22.9 Å². The summed E-state index contributed by atoms with van der Waals surface area (Å²) in [5, 5.41) is 24.0. The van der Waals surface area contributed by atoms with Crippen LogP contribution in [-0.2, 0) is 0 Å². The Kier molecular flexibility index (Phi) is 3.49. The molecule has 0 saturated carbocycles. The number of rotatable bonds is 3. The van der Waals surface area contributed by atoms with Gasteiger partial charge >= 0.3 is 5.69 Å². The van der Waals surface area contributed by atoms with Gasteiger partial charge in [0.15, 0.2) is 5.75 Å². The van der Waals surface area contributed by atoms with Crippen molar-refractivity contribution in [2.45, 2.75) is 6.92 Å². The van der Waals surface area contributed by atoms with Crippen LogP contribution in [0.2, 0.25) is 0 Å². The molecule has 0 aliphatic heterocycles. The summed E-state index contributed by atoms with van der Waals surface area (Å²) in [6.45, 7) is 1.63. The van der Waals surface area contributed by atoms with Gasteiger partial charge in [0.1, 0.15) is 18.0 Å². The van der Waals surface area contributed by atoms with E-state index in [0.717, 1.165) is 0 Å². The molecule has 23 heavy (non-hydrogen) atoms. The van der Waals surface area contributed by atoms with Gasteiger partial charge in [-0.2, -0.15) is 0 Å². The number of aryl methyl sites for hydroxylation is 1. The van der Waals surface area contributed by atoms with Crippen molar-refractivity contribution in [1.29, 1.82) is 0 Å². The lowest BCUT2D eigenvalue weighted by Crippen LogP contribution is -1.98. The van der Waals surface area contributed by atoms with Crippen molar-refractivity contribution < 1.29 is 14.4 Å². The standard InChI is InChI=1S/C15H11FN4O3/c1-8-4-9(2-3-11(8)16)19-15-10-5-13(20(22)23)14(21)6-12(10)17-7-18-15/h2-7,21H,1H3,(H,17,18,19). The number of aromatic nitrogens is 2. The van der Waals surface area contributed by atoms with Crippen molar-refractivity contribution in [3.63, 3.8) is 0 Å². The molecule has 0 aliphatic rings. The summed E-state index contributed by atoms with van der Waals surface area (Å²) in [5.41, 5.74) is 0.951. The fraction of sp³-hybridized carbons (Fsp3) is 0.0667. The summed E-state index contributed by atoms with van der Waals surface area (Å²) in [6, 6.07) is 6.85. The van der Waals surface area contributed by atoms with E-state index in [1.165, 1.54) is 30.6 Å². The van der Waals surface area contributed by atoms with Crippen molar-refractivity contribution in [3.8, 4) is 5.75 Å². The van der Waals surface area contributed by atoms with Crippen LogP contribution in [0.3, 0.4) is 0 Å². The highest BCUT2D eigenvalue weighted by Crippen LogP contribution is 2.33. The van der Waals surface area contributed by atoms with Crippen LogP contribution in [0.1, 0.15) is 5.56 Å². The average molecular weight is 314 g/mol. The number of nitro benzene ring substituents is 1. The first kappa shape index (κ1) is 14.6. The molecule has 0 unspecified atom stereocenters. The van der Waals surface area contributed by atoms with E-state index in [0.29, 0.717) is 28.0 Å². The van der Waals surface area contributed by atoms with Gasteiger partial charge in [-0.05, 0) is 30.7 Å². The predicted molar refractivity (Wildman–Crippen MR) is 82.3 cm³/mol. The molecule has 3 aromatic rings. The smallest absolute Gasteiger partial charge is 0.311 e. The van der Waals surface area contributed by atoms with E-state index in [2.05, 4.69) is 15.3 Å².